The van der Waals surface area contributed by atoms with Crippen LogP contribution in [0.1, 0.15) is 36.3 Å². The summed E-state index contributed by atoms with van der Waals surface area (Å²) in [4.78, 5) is 11.8. The number of carbonyl (C=O) groups excluding carboxylic acids is 1. The molecule has 1 aromatic rings. The summed E-state index contributed by atoms with van der Waals surface area (Å²) in [6, 6.07) is 8.05. The molecule has 1 amide bonds. The number of nitrogens with one attached hydrogen (secondary N) is 1. The molecule has 1 unspecified atom stereocenters. The van der Waals surface area contributed by atoms with E-state index in [-0.39, 0.29) is 18.2 Å². The largest absolute Gasteiger partial charge is 0.350 e. The highest BCUT2D eigenvalue weighted by Crippen LogP contribution is 2.33. The highest BCUT2D eigenvalue weighted by molar-refractivity contribution is 5.77. The molecule has 20 heavy (non-hydrogen) atoms. The van der Waals surface area contributed by atoms with Gasteiger partial charge < -0.3 is 11.1 Å². The zero-order valence-electron chi connectivity index (χ0n) is 11.4. The van der Waals surface area contributed by atoms with Gasteiger partial charge in [0.2, 0.25) is 5.91 Å². The number of carbonyl (C=O) groups is 1. The minimum absolute atomic E-state index is 0.131. The van der Waals surface area contributed by atoms with Crippen molar-refractivity contribution >= 4 is 5.91 Å². The highest BCUT2D eigenvalue weighted by Gasteiger charge is 2.28. The van der Waals surface area contributed by atoms with Crippen LogP contribution in [-0.4, -0.2) is 24.9 Å². The highest BCUT2D eigenvalue weighted by atomic mass is 19.3. The molecule has 3 N–H and O–H groups in total. The van der Waals surface area contributed by atoms with Crippen LogP contribution >= 0.6 is 0 Å². The normalized spacial score (nSPS) is 18.4. The third kappa shape index (κ3) is 3.76. The van der Waals surface area contributed by atoms with Crippen molar-refractivity contribution < 1.29 is 13.6 Å². The van der Waals surface area contributed by atoms with E-state index in [2.05, 4.69) is 11.4 Å². The van der Waals surface area contributed by atoms with Gasteiger partial charge in [-0.05, 0) is 36.3 Å². The third-order valence-electron chi connectivity index (χ3n) is 3.77. The molecule has 2 rings (SSSR count). The lowest BCUT2D eigenvalue weighted by Gasteiger charge is -2.25. The fourth-order valence-corrected chi connectivity index (χ4v) is 2.66. The average molecular weight is 282 g/mol. The lowest BCUT2D eigenvalue weighted by Crippen LogP contribution is -2.41. The summed E-state index contributed by atoms with van der Waals surface area (Å²) in [5.74, 6) is -3.23. The quantitative estimate of drug-likeness (QED) is 0.870. The molecule has 5 heteroatoms. The Bertz CT molecular complexity index is 477. The monoisotopic (exact) mass is 282 g/mol. The number of aryl methyl sites for hydroxylation is 1. The fraction of sp³-hybridized carbons (Fsp3) is 0.533. The van der Waals surface area contributed by atoms with E-state index in [1.165, 1.54) is 11.1 Å². The number of hydrogen-bond donors (Lipinski definition) is 2. The van der Waals surface area contributed by atoms with Crippen LogP contribution < -0.4 is 11.1 Å². The first-order valence-electron chi connectivity index (χ1n) is 6.94. The molecule has 0 radical (unpaired) electrons. The summed E-state index contributed by atoms with van der Waals surface area (Å²) in [5, 5.41) is 2.28. The summed E-state index contributed by atoms with van der Waals surface area (Å²) in [7, 11) is 0. The van der Waals surface area contributed by atoms with Crippen molar-refractivity contribution in [3.63, 3.8) is 0 Å². The van der Waals surface area contributed by atoms with E-state index in [1.54, 1.807) is 0 Å². The maximum Gasteiger partial charge on any atom is 0.277 e. The minimum atomic E-state index is -3.03. The van der Waals surface area contributed by atoms with Crippen LogP contribution in [0.4, 0.5) is 8.78 Å². The molecule has 0 saturated carbocycles. The zero-order chi connectivity index (χ0) is 14.6. The van der Waals surface area contributed by atoms with E-state index in [0.29, 0.717) is 0 Å². The topological polar surface area (TPSA) is 55.1 Å². The van der Waals surface area contributed by atoms with Crippen LogP contribution in [0.2, 0.25) is 0 Å². The Kier molecular flexibility index (Phi) is 4.70. The molecule has 3 nitrogen and oxygen atoms in total. The summed E-state index contributed by atoms with van der Waals surface area (Å²) in [6.45, 7) is -1.43. The van der Waals surface area contributed by atoms with Crippen molar-refractivity contribution in [2.75, 3.05) is 13.1 Å². The van der Waals surface area contributed by atoms with Gasteiger partial charge in [-0.2, -0.15) is 0 Å². The smallest absolute Gasteiger partial charge is 0.277 e. The van der Waals surface area contributed by atoms with Crippen molar-refractivity contribution in [2.24, 2.45) is 5.73 Å². The van der Waals surface area contributed by atoms with Gasteiger partial charge in [-0.3, -0.25) is 4.79 Å². The predicted octanol–water partition coefficient (Wildman–Crippen LogP) is 2.21. The van der Waals surface area contributed by atoms with Gasteiger partial charge in [0, 0.05) is 6.42 Å². The Balaban J connectivity index is 1.93. The van der Waals surface area contributed by atoms with Gasteiger partial charge in [-0.15, -0.1) is 0 Å². The van der Waals surface area contributed by atoms with Gasteiger partial charge >= 0.3 is 0 Å². The fourth-order valence-electron chi connectivity index (χ4n) is 2.66. The first-order valence-corrected chi connectivity index (χ1v) is 6.94. The molecule has 0 bridgehead atoms. The number of rotatable bonds is 5. The number of nitrogens with two attached hydrogens (primary N) is 1. The first-order chi connectivity index (χ1) is 9.52. The van der Waals surface area contributed by atoms with Crippen molar-refractivity contribution in [1.82, 2.24) is 5.32 Å². The minimum Gasteiger partial charge on any atom is -0.350 e. The van der Waals surface area contributed by atoms with E-state index in [1.807, 2.05) is 18.2 Å². The third-order valence-corrected chi connectivity index (χ3v) is 3.77. The Morgan fingerprint density at radius 1 is 1.40 bits per heavy atom. The first kappa shape index (κ1) is 14.9. The van der Waals surface area contributed by atoms with Crippen LogP contribution in [0.5, 0.6) is 0 Å². The van der Waals surface area contributed by atoms with Gasteiger partial charge in [0.15, 0.2) is 0 Å². The molecule has 1 aliphatic rings. The van der Waals surface area contributed by atoms with Crippen LogP contribution in [0.25, 0.3) is 0 Å². The van der Waals surface area contributed by atoms with Crippen molar-refractivity contribution in [3.8, 4) is 0 Å². The second-order valence-electron chi connectivity index (χ2n) is 5.33. The van der Waals surface area contributed by atoms with Crippen LogP contribution in [0.3, 0.4) is 0 Å². The van der Waals surface area contributed by atoms with E-state index in [9.17, 15) is 13.6 Å². The maximum atomic E-state index is 13.0. The molecule has 1 atom stereocenters. The maximum absolute atomic E-state index is 13.0. The van der Waals surface area contributed by atoms with Crippen LogP contribution in [0.15, 0.2) is 24.3 Å². The molecular formula is C15H20F2N2O. The number of fused-ring (bicyclic) bond motifs is 1. The van der Waals surface area contributed by atoms with E-state index >= 15 is 0 Å². The molecule has 0 saturated heterocycles. The molecule has 0 heterocycles. The standard InChI is InChI=1S/C15H20F2N2O/c16-15(17,9-18)10-19-14(20)8-12-6-3-5-11-4-1-2-7-13(11)12/h1-2,4,7,12H,3,5-6,8-10,18H2,(H,19,20). The van der Waals surface area contributed by atoms with Crippen LogP contribution in [-0.2, 0) is 11.2 Å². The van der Waals surface area contributed by atoms with E-state index < -0.39 is 19.0 Å². The molecule has 1 aliphatic carbocycles. The van der Waals surface area contributed by atoms with Gasteiger partial charge in [0.05, 0.1) is 13.1 Å². The van der Waals surface area contributed by atoms with E-state index in [0.717, 1.165) is 19.3 Å². The van der Waals surface area contributed by atoms with Gasteiger partial charge in [0.1, 0.15) is 0 Å². The number of benzene rings is 1. The summed E-state index contributed by atoms with van der Waals surface area (Å²) < 4.78 is 26.0. The predicted molar refractivity (Wildman–Crippen MR) is 73.7 cm³/mol. The Labute approximate surface area is 117 Å². The summed E-state index contributed by atoms with van der Waals surface area (Å²) in [6.07, 6.45) is 3.25. The lowest BCUT2D eigenvalue weighted by atomic mass is 9.81. The zero-order valence-corrected chi connectivity index (χ0v) is 11.4. The number of halogens is 2. The second kappa shape index (κ2) is 6.31. The summed E-state index contributed by atoms with van der Waals surface area (Å²) >= 11 is 0. The summed E-state index contributed by atoms with van der Waals surface area (Å²) in [5.41, 5.74) is 7.39. The van der Waals surface area contributed by atoms with Crippen molar-refractivity contribution in [2.45, 2.75) is 37.5 Å². The van der Waals surface area contributed by atoms with Gasteiger partial charge in [-0.25, -0.2) is 8.78 Å². The average Bonchev–Trinajstić information content (AvgIpc) is 2.46. The van der Waals surface area contributed by atoms with Gasteiger partial charge in [0.25, 0.3) is 5.92 Å². The molecule has 0 aliphatic heterocycles. The SMILES string of the molecule is NCC(F)(F)CNC(=O)CC1CCCc2ccccc21. The van der Waals surface area contributed by atoms with Gasteiger partial charge in [-0.1, -0.05) is 24.3 Å². The molecule has 0 spiro atoms. The second-order valence-corrected chi connectivity index (χ2v) is 5.33. The Morgan fingerprint density at radius 2 is 2.15 bits per heavy atom. The lowest BCUT2D eigenvalue weighted by molar-refractivity contribution is -0.123. The van der Waals surface area contributed by atoms with Crippen molar-refractivity contribution in [3.05, 3.63) is 35.4 Å². The molecule has 1 aromatic carbocycles. The van der Waals surface area contributed by atoms with Crippen LogP contribution in [0, 0.1) is 0 Å². The molecular weight excluding hydrogens is 262 g/mol. The van der Waals surface area contributed by atoms with Crippen molar-refractivity contribution in [1.29, 1.82) is 0 Å². The molecule has 0 fully saturated rings. The Morgan fingerprint density at radius 3 is 2.90 bits per heavy atom. The Hall–Kier alpha value is -1.49. The number of hydrogen-bond acceptors (Lipinski definition) is 2. The van der Waals surface area contributed by atoms with E-state index in [4.69, 9.17) is 5.73 Å². The molecule has 110 valence electrons. The number of alkyl halides is 2. The number of amides is 1. The molecule has 0 aromatic heterocycles.